The lowest BCUT2D eigenvalue weighted by Crippen LogP contribution is -2.46. The second-order valence-electron chi connectivity index (χ2n) is 10.0. The Balaban J connectivity index is 1.08. The molecule has 0 spiro atoms. The molecule has 5 rings (SSSR count). The summed E-state index contributed by atoms with van der Waals surface area (Å²) in [5.41, 5.74) is 5.90. The number of aryl methyl sites for hydroxylation is 2. The van der Waals surface area contributed by atoms with Gasteiger partial charge in [-0.2, -0.15) is 0 Å². The molecule has 7 heteroatoms. The van der Waals surface area contributed by atoms with Crippen molar-refractivity contribution < 1.29 is 19.1 Å². The van der Waals surface area contributed by atoms with Gasteiger partial charge < -0.3 is 24.6 Å². The van der Waals surface area contributed by atoms with E-state index in [1.165, 1.54) is 22.3 Å². The van der Waals surface area contributed by atoms with Crippen LogP contribution in [0.2, 0.25) is 0 Å². The van der Waals surface area contributed by atoms with Gasteiger partial charge in [-0.25, -0.2) is 0 Å². The van der Waals surface area contributed by atoms with Crippen LogP contribution in [-0.2, 0) is 17.8 Å². The maximum absolute atomic E-state index is 13.3. The zero-order valence-electron chi connectivity index (χ0n) is 20.8. The summed E-state index contributed by atoms with van der Waals surface area (Å²) >= 11 is 0. The number of carbonyl (C=O) groups is 2. The van der Waals surface area contributed by atoms with Crippen LogP contribution >= 0.6 is 0 Å². The van der Waals surface area contributed by atoms with E-state index in [1.54, 1.807) is 18.2 Å². The highest BCUT2D eigenvalue weighted by atomic mass is 16.7. The summed E-state index contributed by atoms with van der Waals surface area (Å²) in [7, 11) is 0. The number of amides is 2. The number of carbonyl (C=O) groups excluding carboxylic acids is 2. The lowest BCUT2D eigenvalue weighted by atomic mass is 9.92. The molecule has 0 bridgehead atoms. The van der Waals surface area contributed by atoms with Crippen molar-refractivity contribution in [2.45, 2.75) is 46.1 Å². The first-order valence-electron chi connectivity index (χ1n) is 12.8. The van der Waals surface area contributed by atoms with Crippen molar-refractivity contribution in [3.63, 3.8) is 0 Å². The highest BCUT2D eigenvalue weighted by Crippen LogP contribution is 2.32. The minimum atomic E-state index is -0.106. The predicted octanol–water partition coefficient (Wildman–Crippen LogP) is 3.45. The van der Waals surface area contributed by atoms with Gasteiger partial charge in [0.2, 0.25) is 12.7 Å². The van der Waals surface area contributed by atoms with E-state index in [9.17, 15) is 9.59 Å². The summed E-state index contributed by atoms with van der Waals surface area (Å²) in [6.07, 6.45) is 3.81. The molecule has 1 unspecified atom stereocenters. The van der Waals surface area contributed by atoms with E-state index < -0.39 is 0 Å². The molecule has 1 atom stereocenters. The number of ether oxygens (including phenoxy) is 2. The van der Waals surface area contributed by atoms with Crippen molar-refractivity contribution in [1.82, 2.24) is 15.1 Å². The van der Waals surface area contributed by atoms with Crippen molar-refractivity contribution in [3.05, 3.63) is 58.1 Å². The van der Waals surface area contributed by atoms with Gasteiger partial charge in [-0.3, -0.25) is 9.59 Å². The molecule has 7 nitrogen and oxygen atoms in total. The lowest BCUT2D eigenvalue weighted by molar-refractivity contribution is -0.138. The van der Waals surface area contributed by atoms with E-state index in [-0.39, 0.29) is 18.6 Å². The Morgan fingerprint density at radius 3 is 2.69 bits per heavy atom. The quantitative estimate of drug-likeness (QED) is 0.646. The standard InChI is InChI=1S/C28H35N3O4/c1-19-13-21-8-12-31(17-24(21)14-20(19)2)28(33)23-5-3-10-30(16-23)11-4-9-29-27(32)22-6-7-25-26(15-22)35-18-34-25/h6-7,13-15,23H,3-5,8-12,16-18H2,1-2H3,(H,29,32). The zero-order valence-corrected chi connectivity index (χ0v) is 20.8. The molecule has 35 heavy (non-hydrogen) atoms. The molecule has 1 fully saturated rings. The van der Waals surface area contributed by atoms with Crippen LogP contribution in [0.5, 0.6) is 11.5 Å². The molecule has 2 amide bonds. The Morgan fingerprint density at radius 2 is 1.83 bits per heavy atom. The van der Waals surface area contributed by atoms with Crippen molar-refractivity contribution in [2.24, 2.45) is 5.92 Å². The van der Waals surface area contributed by atoms with Crippen molar-refractivity contribution in [3.8, 4) is 11.5 Å². The normalized spacial score (nSPS) is 19.4. The zero-order chi connectivity index (χ0) is 24.4. The Kier molecular flexibility index (Phi) is 6.95. The third kappa shape index (κ3) is 5.30. The van der Waals surface area contributed by atoms with Gasteiger partial charge in [0.05, 0.1) is 5.92 Å². The summed E-state index contributed by atoms with van der Waals surface area (Å²) in [6, 6.07) is 9.80. The number of piperidine rings is 1. The molecular weight excluding hydrogens is 442 g/mol. The fourth-order valence-corrected chi connectivity index (χ4v) is 5.41. The molecule has 1 saturated heterocycles. The Hall–Kier alpha value is -3.06. The number of hydrogen-bond donors (Lipinski definition) is 1. The van der Waals surface area contributed by atoms with E-state index in [1.807, 2.05) is 0 Å². The van der Waals surface area contributed by atoms with Gasteiger partial charge in [-0.1, -0.05) is 12.1 Å². The summed E-state index contributed by atoms with van der Waals surface area (Å²) in [4.78, 5) is 30.3. The number of likely N-dealkylation sites (tertiary alicyclic amines) is 1. The fourth-order valence-electron chi connectivity index (χ4n) is 5.41. The van der Waals surface area contributed by atoms with Gasteiger partial charge in [0, 0.05) is 31.7 Å². The second-order valence-corrected chi connectivity index (χ2v) is 10.0. The molecule has 186 valence electrons. The monoisotopic (exact) mass is 477 g/mol. The third-order valence-corrected chi connectivity index (χ3v) is 7.57. The summed E-state index contributed by atoms with van der Waals surface area (Å²) in [5.74, 6) is 1.56. The molecule has 3 aliphatic rings. The molecule has 0 aliphatic carbocycles. The maximum atomic E-state index is 13.3. The van der Waals surface area contributed by atoms with Crippen LogP contribution in [0.3, 0.4) is 0 Å². The summed E-state index contributed by atoms with van der Waals surface area (Å²) < 4.78 is 10.7. The average Bonchev–Trinajstić information content (AvgIpc) is 3.35. The van der Waals surface area contributed by atoms with E-state index >= 15 is 0 Å². The van der Waals surface area contributed by atoms with Gasteiger partial charge in [0.1, 0.15) is 0 Å². The number of nitrogens with zero attached hydrogens (tertiary/aromatic N) is 2. The predicted molar refractivity (Wildman–Crippen MR) is 134 cm³/mol. The highest BCUT2D eigenvalue weighted by molar-refractivity contribution is 5.94. The first-order valence-corrected chi connectivity index (χ1v) is 12.8. The first kappa shape index (κ1) is 23.7. The first-order chi connectivity index (χ1) is 17.0. The molecule has 3 heterocycles. The Bertz CT molecular complexity index is 1120. The van der Waals surface area contributed by atoms with Crippen LogP contribution in [0.15, 0.2) is 30.3 Å². The Morgan fingerprint density at radius 1 is 1.03 bits per heavy atom. The molecule has 2 aromatic carbocycles. The lowest BCUT2D eigenvalue weighted by Gasteiger charge is -2.37. The maximum Gasteiger partial charge on any atom is 0.251 e. The topological polar surface area (TPSA) is 71.1 Å². The number of fused-ring (bicyclic) bond motifs is 2. The smallest absolute Gasteiger partial charge is 0.251 e. The molecule has 0 saturated carbocycles. The van der Waals surface area contributed by atoms with Gasteiger partial charge >= 0.3 is 0 Å². The fraction of sp³-hybridized carbons (Fsp3) is 0.500. The number of hydrogen-bond acceptors (Lipinski definition) is 5. The largest absolute Gasteiger partial charge is 0.454 e. The second kappa shape index (κ2) is 10.3. The highest BCUT2D eigenvalue weighted by Gasteiger charge is 2.31. The van der Waals surface area contributed by atoms with Crippen LogP contribution in [0.4, 0.5) is 0 Å². The molecule has 0 aromatic heterocycles. The molecule has 0 radical (unpaired) electrons. The van der Waals surface area contributed by atoms with Crippen LogP contribution in [0.1, 0.15) is 51.9 Å². The van der Waals surface area contributed by atoms with Gasteiger partial charge in [-0.05, 0) is 93.1 Å². The average molecular weight is 478 g/mol. The van der Waals surface area contributed by atoms with Crippen molar-refractivity contribution in [2.75, 3.05) is 39.5 Å². The number of nitrogens with one attached hydrogen (secondary N) is 1. The number of benzene rings is 2. The van der Waals surface area contributed by atoms with Gasteiger partial charge in [0.25, 0.3) is 5.91 Å². The number of rotatable bonds is 6. The minimum Gasteiger partial charge on any atom is -0.454 e. The van der Waals surface area contributed by atoms with Crippen molar-refractivity contribution in [1.29, 1.82) is 0 Å². The van der Waals surface area contributed by atoms with E-state index in [2.05, 4.69) is 41.1 Å². The van der Waals surface area contributed by atoms with Crippen LogP contribution in [0, 0.1) is 19.8 Å². The van der Waals surface area contributed by atoms with E-state index in [0.717, 1.165) is 58.4 Å². The van der Waals surface area contributed by atoms with E-state index in [4.69, 9.17) is 9.47 Å². The van der Waals surface area contributed by atoms with E-state index in [0.29, 0.717) is 29.5 Å². The molecular formula is C28H35N3O4. The van der Waals surface area contributed by atoms with Gasteiger partial charge in [0.15, 0.2) is 11.5 Å². The Labute approximate surface area is 207 Å². The SMILES string of the molecule is Cc1cc2c(cc1C)CN(C(=O)C1CCCN(CCCNC(=O)c3ccc4c(c3)OCO4)C1)CC2. The van der Waals surface area contributed by atoms with Gasteiger partial charge in [-0.15, -0.1) is 0 Å². The summed E-state index contributed by atoms with van der Waals surface area (Å²) in [6.45, 7) is 9.36. The van der Waals surface area contributed by atoms with Crippen LogP contribution in [0.25, 0.3) is 0 Å². The van der Waals surface area contributed by atoms with Crippen molar-refractivity contribution >= 4 is 11.8 Å². The van der Waals surface area contributed by atoms with Crippen LogP contribution < -0.4 is 14.8 Å². The summed E-state index contributed by atoms with van der Waals surface area (Å²) in [5, 5.41) is 3.00. The molecule has 3 aliphatic heterocycles. The molecule has 1 N–H and O–H groups in total. The molecule has 2 aromatic rings. The third-order valence-electron chi connectivity index (χ3n) is 7.57. The van der Waals surface area contributed by atoms with Crippen LogP contribution in [-0.4, -0.2) is 61.1 Å². The minimum absolute atomic E-state index is 0.0695.